The molecule has 0 saturated carbocycles. The Morgan fingerprint density at radius 2 is 1.65 bits per heavy atom. The standard InChI is InChI=1S/C21H26ClN3O5S/c1-31(28,29)25-18(13-23-21(27)14-24-20(26)12-22)11-16-7-9-19(10-8-16)30-15-17-5-3-2-4-6-17/h2-10,18,25H,11-15H2,1H3,(H,23,27)(H,24,26). The second kappa shape index (κ2) is 12.3. The molecule has 2 aromatic rings. The van der Waals surface area contributed by atoms with Gasteiger partial charge in [0, 0.05) is 12.6 Å². The molecular weight excluding hydrogens is 442 g/mol. The zero-order valence-electron chi connectivity index (χ0n) is 17.1. The number of rotatable bonds is 12. The summed E-state index contributed by atoms with van der Waals surface area (Å²) in [5.41, 5.74) is 1.93. The molecule has 0 radical (unpaired) electrons. The topological polar surface area (TPSA) is 114 Å². The van der Waals surface area contributed by atoms with Gasteiger partial charge in [0.15, 0.2) is 0 Å². The van der Waals surface area contributed by atoms with E-state index in [0.717, 1.165) is 17.4 Å². The van der Waals surface area contributed by atoms with Crippen LogP contribution in [0.3, 0.4) is 0 Å². The fourth-order valence-electron chi connectivity index (χ4n) is 2.73. The number of nitrogens with one attached hydrogen (secondary N) is 3. The van der Waals surface area contributed by atoms with E-state index in [1.54, 1.807) is 0 Å². The van der Waals surface area contributed by atoms with Gasteiger partial charge in [-0.15, -0.1) is 11.6 Å². The minimum absolute atomic E-state index is 0.0644. The summed E-state index contributed by atoms with van der Waals surface area (Å²) >= 11 is 5.36. The summed E-state index contributed by atoms with van der Waals surface area (Å²) in [6.45, 7) is 0.282. The van der Waals surface area contributed by atoms with E-state index in [1.807, 2.05) is 54.6 Å². The molecule has 2 amide bonds. The Kier molecular flexibility index (Phi) is 9.77. The van der Waals surface area contributed by atoms with Crippen LogP contribution in [0.4, 0.5) is 0 Å². The molecule has 0 aliphatic heterocycles. The molecular formula is C21H26ClN3O5S. The Bertz CT molecular complexity index is 953. The van der Waals surface area contributed by atoms with E-state index in [9.17, 15) is 18.0 Å². The Morgan fingerprint density at radius 1 is 0.968 bits per heavy atom. The molecule has 0 fully saturated rings. The van der Waals surface area contributed by atoms with E-state index < -0.39 is 27.9 Å². The molecule has 0 saturated heterocycles. The first-order valence-electron chi connectivity index (χ1n) is 9.57. The number of halogens is 1. The molecule has 0 aliphatic rings. The molecule has 31 heavy (non-hydrogen) atoms. The third-order valence-corrected chi connectivity index (χ3v) is 5.15. The number of benzene rings is 2. The Labute approximate surface area is 187 Å². The number of hydrogen-bond donors (Lipinski definition) is 3. The smallest absolute Gasteiger partial charge is 0.239 e. The van der Waals surface area contributed by atoms with Gasteiger partial charge in [0.2, 0.25) is 21.8 Å². The Balaban J connectivity index is 1.90. The van der Waals surface area contributed by atoms with Gasteiger partial charge < -0.3 is 15.4 Å². The largest absolute Gasteiger partial charge is 0.489 e. The monoisotopic (exact) mass is 467 g/mol. The van der Waals surface area contributed by atoms with E-state index in [4.69, 9.17) is 16.3 Å². The van der Waals surface area contributed by atoms with E-state index in [-0.39, 0.29) is 19.0 Å². The fraction of sp³-hybridized carbons (Fsp3) is 0.333. The van der Waals surface area contributed by atoms with Crippen LogP contribution in [0.25, 0.3) is 0 Å². The molecule has 0 spiro atoms. The molecule has 1 atom stereocenters. The second-order valence-corrected chi connectivity index (χ2v) is 8.97. The molecule has 2 aromatic carbocycles. The first-order valence-corrected chi connectivity index (χ1v) is 12.0. The average Bonchev–Trinajstić information content (AvgIpc) is 2.75. The number of ether oxygens (including phenoxy) is 1. The van der Waals surface area contributed by atoms with Gasteiger partial charge in [0.05, 0.1) is 12.8 Å². The van der Waals surface area contributed by atoms with Crippen LogP contribution in [0.2, 0.25) is 0 Å². The van der Waals surface area contributed by atoms with Crippen LogP contribution in [0.1, 0.15) is 11.1 Å². The summed E-state index contributed by atoms with van der Waals surface area (Å²) in [5.74, 6) is -0.444. The lowest BCUT2D eigenvalue weighted by Gasteiger charge is -2.19. The Morgan fingerprint density at radius 3 is 2.26 bits per heavy atom. The van der Waals surface area contributed by atoms with Crippen molar-refractivity contribution in [2.24, 2.45) is 0 Å². The number of hydrogen-bond acceptors (Lipinski definition) is 5. The van der Waals surface area contributed by atoms with Crippen molar-refractivity contribution in [1.29, 1.82) is 0 Å². The molecule has 10 heteroatoms. The lowest BCUT2D eigenvalue weighted by atomic mass is 10.1. The zero-order chi connectivity index (χ0) is 22.7. The van der Waals surface area contributed by atoms with Gasteiger partial charge in [0.1, 0.15) is 18.2 Å². The first-order chi connectivity index (χ1) is 14.7. The van der Waals surface area contributed by atoms with Crippen molar-refractivity contribution in [1.82, 2.24) is 15.4 Å². The molecule has 3 N–H and O–H groups in total. The highest BCUT2D eigenvalue weighted by Gasteiger charge is 2.16. The molecule has 8 nitrogen and oxygen atoms in total. The Hall–Kier alpha value is -2.62. The summed E-state index contributed by atoms with van der Waals surface area (Å²) in [7, 11) is -3.48. The van der Waals surface area contributed by atoms with Crippen LogP contribution in [-0.2, 0) is 32.6 Å². The van der Waals surface area contributed by atoms with Gasteiger partial charge in [-0.3, -0.25) is 9.59 Å². The molecule has 0 aromatic heterocycles. The summed E-state index contributed by atoms with van der Waals surface area (Å²) in [5, 5.41) is 4.95. The molecule has 1 unspecified atom stereocenters. The van der Waals surface area contributed by atoms with Gasteiger partial charge in [-0.2, -0.15) is 0 Å². The van der Waals surface area contributed by atoms with Gasteiger partial charge in [0.25, 0.3) is 0 Å². The summed E-state index contributed by atoms with van der Waals surface area (Å²) in [4.78, 5) is 23.0. The van der Waals surface area contributed by atoms with Gasteiger partial charge in [-0.05, 0) is 29.7 Å². The van der Waals surface area contributed by atoms with Crippen molar-refractivity contribution in [2.75, 3.05) is 25.2 Å². The third-order valence-electron chi connectivity index (χ3n) is 4.15. The van der Waals surface area contributed by atoms with E-state index in [0.29, 0.717) is 18.8 Å². The highest BCUT2D eigenvalue weighted by Crippen LogP contribution is 2.15. The van der Waals surface area contributed by atoms with Crippen molar-refractivity contribution < 1.29 is 22.7 Å². The number of alkyl halides is 1. The van der Waals surface area contributed by atoms with Crippen LogP contribution in [0.5, 0.6) is 5.75 Å². The number of sulfonamides is 1. The quantitative estimate of drug-likeness (QED) is 0.406. The average molecular weight is 468 g/mol. The number of amides is 2. The van der Waals surface area contributed by atoms with Crippen LogP contribution in [0.15, 0.2) is 54.6 Å². The van der Waals surface area contributed by atoms with Crippen LogP contribution in [-0.4, -0.2) is 51.5 Å². The second-order valence-electron chi connectivity index (χ2n) is 6.92. The summed E-state index contributed by atoms with van der Waals surface area (Å²) in [6, 6.07) is 16.6. The molecule has 0 bridgehead atoms. The van der Waals surface area contributed by atoms with Crippen molar-refractivity contribution in [3.05, 3.63) is 65.7 Å². The van der Waals surface area contributed by atoms with Crippen LogP contribution in [0, 0.1) is 0 Å². The molecule has 2 rings (SSSR count). The van der Waals surface area contributed by atoms with Gasteiger partial charge >= 0.3 is 0 Å². The maximum Gasteiger partial charge on any atom is 0.239 e. The van der Waals surface area contributed by atoms with Gasteiger partial charge in [-0.25, -0.2) is 13.1 Å². The van der Waals surface area contributed by atoms with Crippen molar-refractivity contribution in [3.63, 3.8) is 0 Å². The highest BCUT2D eigenvalue weighted by molar-refractivity contribution is 7.88. The lowest BCUT2D eigenvalue weighted by Crippen LogP contribution is -2.46. The normalized spacial score (nSPS) is 12.1. The van der Waals surface area contributed by atoms with Crippen molar-refractivity contribution in [2.45, 2.75) is 19.1 Å². The molecule has 0 aliphatic carbocycles. The lowest BCUT2D eigenvalue weighted by molar-refractivity contribution is -0.124. The summed E-state index contributed by atoms with van der Waals surface area (Å²) in [6.07, 6.45) is 1.42. The van der Waals surface area contributed by atoms with Crippen LogP contribution < -0.4 is 20.1 Å². The van der Waals surface area contributed by atoms with E-state index in [2.05, 4.69) is 15.4 Å². The van der Waals surface area contributed by atoms with Crippen molar-refractivity contribution >= 4 is 33.4 Å². The maximum atomic E-state index is 11.9. The minimum Gasteiger partial charge on any atom is -0.489 e. The predicted octanol–water partition coefficient (Wildman–Crippen LogP) is 1.20. The number of carbonyl (C=O) groups is 2. The SMILES string of the molecule is CS(=O)(=O)NC(CNC(=O)CNC(=O)CCl)Cc1ccc(OCc2ccccc2)cc1. The van der Waals surface area contributed by atoms with E-state index in [1.165, 1.54) is 0 Å². The number of carbonyl (C=O) groups excluding carboxylic acids is 2. The predicted molar refractivity (Wildman–Crippen MR) is 119 cm³/mol. The molecule has 0 heterocycles. The highest BCUT2D eigenvalue weighted by atomic mass is 35.5. The fourth-order valence-corrected chi connectivity index (χ4v) is 3.60. The minimum atomic E-state index is -3.48. The van der Waals surface area contributed by atoms with Crippen LogP contribution >= 0.6 is 11.6 Å². The van der Waals surface area contributed by atoms with Crippen molar-refractivity contribution in [3.8, 4) is 5.75 Å². The first kappa shape index (κ1) is 24.6. The van der Waals surface area contributed by atoms with E-state index >= 15 is 0 Å². The maximum absolute atomic E-state index is 11.9. The summed E-state index contributed by atoms with van der Waals surface area (Å²) < 4.78 is 31.6. The van der Waals surface area contributed by atoms with Gasteiger partial charge in [-0.1, -0.05) is 42.5 Å². The molecule has 168 valence electrons. The zero-order valence-corrected chi connectivity index (χ0v) is 18.7. The third kappa shape index (κ3) is 10.3.